The van der Waals surface area contributed by atoms with Gasteiger partial charge >= 0.3 is 0 Å². The van der Waals surface area contributed by atoms with Crippen LogP contribution in [0, 0.1) is 11.3 Å². The molecule has 1 saturated carbocycles. The molecule has 2 aromatic heterocycles. The number of hydrogen-bond donors (Lipinski definition) is 1. The van der Waals surface area contributed by atoms with E-state index in [1.54, 1.807) is 29.9 Å². The van der Waals surface area contributed by atoms with E-state index in [2.05, 4.69) is 36.4 Å². The zero-order chi connectivity index (χ0) is 25.0. The maximum Gasteiger partial charge on any atom is 0.250 e. The predicted molar refractivity (Wildman–Crippen MR) is 141 cm³/mol. The first kappa shape index (κ1) is 22.7. The van der Waals surface area contributed by atoms with Crippen LogP contribution in [-0.2, 0) is 11.8 Å². The molecule has 6 rings (SSSR count). The second-order valence-corrected chi connectivity index (χ2v) is 10.7. The highest BCUT2D eigenvalue weighted by Crippen LogP contribution is 2.47. The summed E-state index contributed by atoms with van der Waals surface area (Å²) < 4.78 is 3.37. The Labute approximate surface area is 210 Å². The Kier molecular flexibility index (Phi) is 5.34. The third-order valence-corrected chi connectivity index (χ3v) is 7.75. The molecule has 1 saturated heterocycles. The van der Waals surface area contributed by atoms with Gasteiger partial charge in [0.1, 0.15) is 0 Å². The topological polar surface area (TPSA) is 72.2 Å². The second-order valence-electron chi connectivity index (χ2n) is 10.7. The number of carbonyl (C=O) groups excluding carboxylic acids is 1. The summed E-state index contributed by atoms with van der Waals surface area (Å²) >= 11 is 0. The molecule has 184 valence electrons. The number of hydrogen-bond acceptors (Lipinski definition) is 4. The Balaban J connectivity index is 1.42. The molecule has 0 spiro atoms. The summed E-state index contributed by atoms with van der Waals surface area (Å²) in [7, 11) is 1.73. The summed E-state index contributed by atoms with van der Waals surface area (Å²) in [6.07, 6.45) is 6.13. The molecule has 7 heteroatoms. The van der Waals surface area contributed by atoms with Crippen molar-refractivity contribution in [1.82, 2.24) is 19.7 Å². The second kappa shape index (κ2) is 8.45. The first-order chi connectivity index (χ1) is 17.3. The maximum atomic E-state index is 13.9. The Morgan fingerprint density at radius 1 is 1.00 bits per heavy atom. The molecule has 2 aliphatic rings. The van der Waals surface area contributed by atoms with Crippen LogP contribution in [0.15, 0.2) is 77.9 Å². The van der Waals surface area contributed by atoms with Crippen molar-refractivity contribution < 1.29 is 4.79 Å². The van der Waals surface area contributed by atoms with Crippen molar-refractivity contribution in [1.29, 1.82) is 0 Å². The summed E-state index contributed by atoms with van der Waals surface area (Å²) in [6, 6.07) is 19.6. The molecule has 4 aromatic rings. The smallest absolute Gasteiger partial charge is 0.250 e. The molecule has 2 unspecified atom stereocenters. The van der Waals surface area contributed by atoms with Gasteiger partial charge in [-0.25, -0.2) is 4.68 Å². The standard InChI is InChI=1S/C29H31N5O2/c1-29(2)27(30-16-19-9-10-19)26(20-7-5-4-6-8-20)33(28(29)36)22-11-13-24-21(15-22)17-31-34(24)23-12-14-25(35)32(3)18-23/h4-8,11-15,17-19,26-27,30H,9-10,16H2,1-3H3. The van der Waals surface area contributed by atoms with Crippen LogP contribution >= 0.6 is 0 Å². The van der Waals surface area contributed by atoms with E-state index in [9.17, 15) is 9.59 Å². The number of benzene rings is 2. The molecule has 1 N–H and O–H groups in total. The number of fused-ring (bicyclic) bond motifs is 1. The van der Waals surface area contributed by atoms with E-state index in [-0.39, 0.29) is 23.6 Å². The SMILES string of the molecule is Cn1cc(-n2ncc3cc(N4C(=O)C(C)(C)C(NCC5CC5)C4c4ccccc4)ccc32)ccc1=O. The van der Waals surface area contributed by atoms with Crippen molar-refractivity contribution in [3.8, 4) is 5.69 Å². The van der Waals surface area contributed by atoms with Crippen LogP contribution in [0.5, 0.6) is 0 Å². The van der Waals surface area contributed by atoms with Crippen LogP contribution in [-0.4, -0.2) is 32.8 Å². The maximum absolute atomic E-state index is 13.9. The lowest BCUT2D eigenvalue weighted by Crippen LogP contribution is -2.44. The number of carbonyl (C=O) groups is 1. The van der Waals surface area contributed by atoms with Gasteiger partial charge in [0.25, 0.3) is 0 Å². The lowest BCUT2D eigenvalue weighted by Gasteiger charge is -2.31. The molecule has 3 heterocycles. The van der Waals surface area contributed by atoms with E-state index in [0.29, 0.717) is 0 Å². The van der Waals surface area contributed by atoms with Gasteiger partial charge in [0, 0.05) is 36.4 Å². The minimum absolute atomic E-state index is 0.00275. The van der Waals surface area contributed by atoms with Gasteiger partial charge in [-0.2, -0.15) is 5.10 Å². The van der Waals surface area contributed by atoms with Crippen LogP contribution in [0.4, 0.5) is 5.69 Å². The van der Waals surface area contributed by atoms with Gasteiger partial charge in [0.05, 0.1) is 28.9 Å². The van der Waals surface area contributed by atoms with Gasteiger partial charge in [0.2, 0.25) is 11.5 Å². The molecule has 0 bridgehead atoms. The Morgan fingerprint density at radius 3 is 2.47 bits per heavy atom. The highest BCUT2D eigenvalue weighted by Gasteiger charge is 2.54. The normalized spacial score (nSPS) is 21.4. The molecule has 2 aromatic carbocycles. The number of aryl methyl sites for hydroxylation is 1. The third-order valence-electron chi connectivity index (χ3n) is 7.75. The minimum Gasteiger partial charge on any atom is -0.316 e. The van der Waals surface area contributed by atoms with E-state index in [0.717, 1.165) is 40.3 Å². The first-order valence-corrected chi connectivity index (χ1v) is 12.6. The minimum atomic E-state index is -0.552. The van der Waals surface area contributed by atoms with Gasteiger partial charge < -0.3 is 14.8 Å². The monoisotopic (exact) mass is 481 g/mol. The quantitative estimate of drug-likeness (QED) is 0.448. The van der Waals surface area contributed by atoms with Crippen molar-refractivity contribution in [2.75, 3.05) is 11.4 Å². The fourth-order valence-corrected chi connectivity index (χ4v) is 5.45. The first-order valence-electron chi connectivity index (χ1n) is 12.6. The van der Waals surface area contributed by atoms with Crippen LogP contribution < -0.4 is 15.8 Å². The molecule has 7 nitrogen and oxygen atoms in total. The zero-order valence-electron chi connectivity index (χ0n) is 20.9. The molecular weight excluding hydrogens is 450 g/mol. The summed E-state index contributed by atoms with van der Waals surface area (Å²) in [4.78, 5) is 27.8. The number of nitrogens with zero attached hydrogens (tertiary/aromatic N) is 4. The molecule has 1 aliphatic carbocycles. The number of pyridine rings is 1. The van der Waals surface area contributed by atoms with E-state index >= 15 is 0 Å². The van der Waals surface area contributed by atoms with Crippen molar-refractivity contribution in [2.45, 2.75) is 38.8 Å². The number of nitrogens with one attached hydrogen (secondary N) is 1. The highest BCUT2D eigenvalue weighted by atomic mass is 16.2. The van der Waals surface area contributed by atoms with Crippen LogP contribution in [0.1, 0.15) is 38.3 Å². The van der Waals surface area contributed by atoms with Gasteiger partial charge in [0.15, 0.2) is 0 Å². The summed E-state index contributed by atoms with van der Waals surface area (Å²) in [5, 5.41) is 9.30. The molecule has 0 radical (unpaired) electrons. The molecule has 2 atom stereocenters. The van der Waals surface area contributed by atoms with Crippen LogP contribution in [0.2, 0.25) is 0 Å². The van der Waals surface area contributed by atoms with Crippen LogP contribution in [0.3, 0.4) is 0 Å². The number of amides is 1. The molecule has 1 amide bonds. The number of aromatic nitrogens is 3. The number of rotatable bonds is 6. The van der Waals surface area contributed by atoms with Gasteiger partial charge in [-0.1, -0.05) is 30.3 Å². The lowest BCUT2D eigenvalue weighted by molar-refractivity contribution is -0.124. The average molecular weight is 482 g/mol. The average Bonchev–Trinajstić information content (AvgIpc) is 3.57. The number of anilines is 1. The van der Waals surface area contributed by atoms with Gasteiger partial charge in [-0.3, -0.25) is 9.59 Å². The molecule has 36 heavy (non-hydrogen) atoms. The van der Waals surface area contributed by atoms with E-state index < -0.39 is 5.41 Å². The third kappa shape index (κ3) is 3.75. The Morgan fingerprint density at radius 2 is 1.75 bits per heavy atom. The van der Waals surface area contributed by atoms with E-state index in [4.69, 9.17) is 0 Å². The fraction of sp³-hybridized carbons (Fsp3) is 0.345. The Bertz CT molecular complexity index is 1500. The van der Waals surface area contributed by atoms with Gasteiger partial charge in [-0.05, 0) is 69.0 Å². The lowest BCUT2D eigenvalue weighted by atomic mass is 9.82. The Hall–Kier alpha value is -3.71. The predicted octanol–water partition coefficient (Wildman–Crippen LogP) is 4.21. The summed E-state index contributed by atoms with van der Waals surface area (Å²) in [5.74, 6) is 0.843. The van der Waals surface area contributed by atoms with Crippen LogP contribution in [0.25, 0.3) is 16.6 Å². The van der Waals surface area contributed by atoms with Crippen molar-refractivity contribution >= 4 is 22.5 Å². The van der Waals surface area contributed by atoms with Crippen molar-refractivity contribution in [3.05, 3.63) is 89.0 Å². The molecular formula is C29H31N5O2. The zero-order valence-corrected chi connectivity index (χ0v) is 20.9. The molecule has 1 aliphatic heterocycles. The summed E-state index contributed by atoms with van der Waals surface area (Å²) in [5.41, 5.74) is 3.11. The van der Waals surface area contributed by atoms with Crippen molar-refractivity contribution in [3.63, 3.8) is 0 Å². The van der Waals surface area contributed by atoms with Crippen molar-refractivity contribution in [2.24, 2.45) is 18.4 Å². The summed E-state index contributed by atoms with van der Waals surface area (Å²) in [6.45, 7) is 5.07. The molecule has 2 fully saturated rings. The van der Waals surface area contributed by atoms with E-state index in [1.807, 2.05) is 52.2 Å². The van der Waals surface area contributed by atoms with E-state index in [1.165, 1.54) is 12.8 Å². The highest BCUT2D eigenvalue weighted by molar-refractivity contribution is 6.03. The van der Waals surface area contributed by atoms with Gasteiger partial charge in [-0.15, -0.1) is 0 Å². The fourth-order valence-electron chi connectivity index (χ4n) is 5.45. The largest absolute Gasteiger partial charge is 0.316 e.